The van der Waals surface area contributed by atoms with E-state index in [4.69, 9.17) is 10.5 Å². The number of hydrogen-bond donors (Lipinski definition) is 4. The summed E-state index contributed by atoms with van der Waals surface area (Å²) in [4.78, 5) is 20.0. The summed E-state index contributed by atoms with van der Waals surface area (Å²) < 4.78 is 43.6. The van der Waals surface area contributed by atoms with Crippen LogP contribution in [0, 0.1) is 11.3 Å². The summed E-state index contributed by atoms with van der Waals surface area (Å²) >= 11 is 0. The van der Waals surface area contributed by atoms with Crippen molar-refractivity contribution in [2.45, 2.75) is 19.1 Å². The van der Waals surface area contributed by atoms with E-state index in [9.17, 15) is 28.3 Å². The molecule has 0 aliphatic heterocycles. The number of aromatic nitrogens is 2. The van der Waals surface area contributed by atoms with Gasteiger partial charge in [0.1, 0.15) is 12.1 Å². The third-order valence-electron chi connectivity index (χ3n) is 3.55. The van der Waals surface area contributed by atoms with Gasteiger partial charge in [-0.1, -0.05) is 6.07 Å². The molecule has 0 bridgehead atoms. The molecule has 1 atom stereocenters. The molecule has 0 unspecified atom stereocenters. The monoisotopic (exact) mass is 410 g/mol. The summed E-state index contributed by atoms with van der Waals surface area (Å²) in [6.07, 6.45) is -4.58. The molecular weight excluding hydrogens is 393 g/mol. The van der Waals surface area contributed by atoms with Crippen molar-refractivity contribution >= 4 is 23.4 Å². The minimum Gasteiger partial charge on any atom is -0.477 e. The van der Waals surface area contributed by atoms with Crippen molar-refractivity contribution in [3.05, 3.63) is 35.4 Å². The van der Waals surface area contributed by atoms with Crippen molar-refractivity contribution in [1.82, 2.24) is 9.97 Å². The summed E-state index contributed by atoms with van der Waals surface area (Å²) in [5.74, 6) is -1.38. The smallest absolute Gasteiger partial charge is 0.416 e. The van der Waals surface area contributed by atoms with E-state index >= 15 is 0 Å². The van der Waals surface area contributed by atoms with Gasteiger partial charge in [0.15, 0.2) is 11.4 Å². The lowest BCUT2D eigenvalue weighted by molar-refractivity contribution is -0.137. The number of ether oxygens (including phenoxy) is 1. The molecule has 12 heteroatoms. The average Bonchev–Trinajstić information content (AvgIpc) is 2.65. The molecule has 0 fully saturated rings. The van der Waals surface area contributed by atoms with E-state index in [1.165, 1.54) is 6.07 Å². The lowest BCUT2D eigenvalue weighted by atomic mass is 10.2. The number of carbonyl (C=O) groups excluding carboxylic acids is 1. The maximum atomic E-state index is 12.8. The van der Waals surface area contributed by atoms with Gasteiger partial charge >= 0.3 is 6.18 Å². The molecule has 0 radical (unpaired) electrons. The average molecular weight is 410 g/mol. The molecule has 0 saturated heterocycles. The first-order chi connectivity index (χ1) is 13.7. The molecule has 1 aromatic carbocycles. The maximum Gasteiger partial charge on any atom is 0.416 e. The molecular formula is C17H17F3N6O3. The van der Waals surface area contributed by atoms with Crippen molar-refractivity contribution < 1.29 is 27.8 Å². The largest absolute Gasteiger partial charge is 0.477 e. The van der Waals surface area contributed by atoms with Crippen LogP contribution in [0.3, 0.4) is 0 Å². The van der Waals surface area contributed by atoms with E-state index in [-0.39, 0.29) is 35.5 Å². The van der Waals surface area contributed by atoms with Gasteiger partial charge in [-0.15, -0.1) is 0 Å². The number of alkyl halides is 3. The molecule has 0 aliphatic carbocycles. The number of carbonyl (C=O) groups is 1. The molecule has 1 heterocycles. The number of aliphatic hydroxyl groups excluding tert-OH is 1. The highest BCUT2D eigenvalue weighted by Crippen LogP contribution is 2.30. The number of anilines is 3. The molecule has 0 spiro atoms. The first-order valence-corrected chi connectivity index (χ1v) is 8.25. The lowest BCUT2D eigenvalue weighted by Gasteiger charge is -2.18. The van der Waals surface area contributed by atoms with E-state index in [0.29, 0.717) is 0 Å². The molecule has 0 saturated carbocycles. The Morgan fingerprint density at radius 1 is 1.41 bits per heavy atom. The molecule has 154 valence electrons. The van der Waals surface area contributed by atoms with Crippen LogP contribution < -0.4 is 21.1 Å². The lowest BCUT2D eigenvalue weighted by Crippen LogP contribution is -2.38. The van der Waals surface area contributed by atoms with Gasteiger partial charge in [-0.3, -0.25) is 4.79 Å². The predicted molar refractivity (Wildman–Crippen MR) is 96.9 cm³/mol. The Bertz CT molecular complexity index is 930. The molecule has 9 nitrogen and oxygen atoms in total. The van der Waals surface area contributed by atoms with Crippen LogP contribution in [0.2, 0.25) is 0 Å². The van der Waals surface area contributed by atoms with Crippen LogP contribution in [0.1, 0.15) is 18.1 Å². The fourth-order valence-corrected chi connectivity index (χ4v) is 2.26. The van der Waals surface area contributed by atoms with Crippen molar-refractivity contribution in [1.29, 1.82) is 5.26 Å². The van der Waals surface area contributed by atoms with E-state index in [1.807, 2.05) is 6.07 Å². The standard InChI is InChI=1S/C17H17F3N6O3/c1-2-29-15-11(7-21)13(25-16(22)26-15)24-12(8-27)14(28)23-10-5-3-4-9(6-10)17(18,19)20/h3-6,12,27H,2,8H2,1H3,(H,23,28)(H3,22,24,25,26)/t12-/m0/s1. The minimum atomic E-state index is -4.58. The van der Waals surface area contributed by atoms with Crippen LogP contribution in [0.5, 0.6) is 5.88 Å². The Morgan fingerprint density at radius 3 is 2.72 bits per heavy atom. The first kappa shape index (κ1) is 21.7. The number of nitrogens with two attached hydrogens (primary N) is 1. The van der Waals surface area contributed by atoms with Gasteiger partial charge in [0.25, 0.3) is 0 Å². The number of halogens is 3. The minimum absolute atomic E-state index is 0.111. The molecule has 2 aromatic rings. The maximum absolute atomic E-state index is 12.8. The SMILES string of the molecule is CCOc1nc(N)nc(N[C@@H](CO)C(=O)Nc2cccc(C(F)(F)F)c2)c1C#N. The Morgan fingerprint density at radius 2 is 2.14 bits per heavy atom. The number of rotatable bonds is 7. The van der Waals surface area contributed by atoms with Gasteiger partial charge in [-0.2, -0.15) is 28.4 Å². The first-order valence-electron chi connectivity index (χ1n) is 8.25. The van der Waals surface area contributed by atoms with Gasteiger partial charge in [-0.05, 0) is 25.1 Å². The number of nitriles is 1. The molecule has 1 aromatic heterocycles. The quantitative estimate of drug-likeness (QED) is 0.540. The van der Waals surface area contributed by atoms with Crippen molar-refractivity contribution in [3.63, 3.8) is 0 Å². The van der Waals surface area contributed by atoms with Crippen molar-refractivity contribution in [2.24, 2.45) is 0 Å². The fraction of sp³-hybridized carbons (Fsp3) is 0.294. The van der Waals surface area contributed by atoms with Crippen molar-refractivity contribution in [3.8, 4) is 11.9 Å². The number of hydrogen-bond acceptors (Lipinski definition) is 8. The second kappa shape index (κ2) is 9.07. The number of nitrogens with one attached hydrogen (secondary N) is 2. The Kier molecular flexibility index (Phi) is 6.79. The highest BCUT2D eigenvalue weighted by atomic mass is 19.4. The number of aliphatic hydroxyl groups is 1. The topological polar surface area (TPSA) is 146 Å². The van der Waals surface area contributed by atoms with Crippen LogP contribution in [0.25, 0.3) is 0 Å². The number of nitrogens with zero attached hydrogens (tertiary/aromatic N) is 3. The second-order valence-electron chi connectivity index (χ2n) is 5.60. The Balaban J connectivity index is 2.25. The van der Waals surface area contributed by atoms with Gasteiger partial charge < -0.3 is 26.2 Å². The number of benzene rings is 1. The van der Waals surface area contributed by atoms with Gasteiger partial charge in [0.2, 0.25) is 17.7 Å². The molecule has 29 heavy (non-hydrogen) atoms. The van der Waals surface area contributed by atoms with Crippen LogP contribution in [0.15, 0.2) is 24.3 Å². The fourth-order valence-electron chi connectivity index (χ4n) is 2.26. The third kappa shape index (κ3) is 5.45. The van der Waals surface area contributed by atoms with Crippen molar-refractivity contribution in [2.75, 3.05) is 29.6 Å². The predicted octanol–water partition coefficient (Wildman–Crippen LogP) is 1.76. The normalized spacial score (nSPS) is 12.0. The van der Waals surface area contributed by atoms with Crippen LogP contribution in [-0.4, -0.2) is 40.2 Å². The van der Waals surface area contributed by atoms with Gasteiger partial charge in [0, 0.05) is 5.69 Å². The van der Waals surface area contributed by atoms with E-state index in [2.05, 4.69) is 20.6 Å². The molecule has 2 rings (SSSR count). The third-order valence-corrected chi connectivity index (χ3v) is 3.55. The number of nitrogen functional groups attached to an aromatic ring is 1. The van der Waals surface area contributed by atoms with Gasteiger partial charge in [-0.25, -0.2) is 0 Å². The van der Waals surface area contributed by atoms with Crippen LogP contribution >= 0.6 is 0 Å². The second-order valence-corrected chi connectivity index (χ2v) is 5.60. The van der Waals surface area contributed by atoms with E-state index in [0.717, 1.165) is 18.2 Å². The summed E-state index contributed by atoms with van der Waals surface area (Å²) in [6, 6.07) is 4.47. The van der Waals surface area contributed by atoms with Crippen LogP contribution in [-0.2, 0) is 11.0 Å². The molecule has 5 N–H and O–H groups in total. The summed E-state index contributed by atoms with van der Waals surface area (Å²) in [6.45, 7) is 1.10. The number of amides is 1. The Hall–Kier alpha value is -3.59. The van der Waals surface area contributed by atoms with Gasteiger partial charge in [0.05, 0.1) is 18.8 Å². The Labute approximate surface area is 163 Å². The summed E-state index contributed by atoms with van der Waals surface area (Å²) in [7, 11) is 0. The van der Waals surface area contributed by atoms with E-state index < -0.39 is 30.3 Å². The molecule has 1 amide bonds. The zero-order chi connectivity index (χ0) is 21.6. The highest BCUT2D eigenvalue weighted by Gasteiger charge is 2.31. The highest BCUT2D eigenvalue weighted by molar-refractivity contribution is 5.96. The summed E-state index contributed by atoms with van der Waals surface area (Å²) in [5.41, 5.74) is 4.35. The zero-order valence-electron chi connectivity index (χ0n) is 15.1. The molecule has 0 aliphatic rings. The van der Waals surface area contributed by atoms with E-state index in [1.54, 1.807) is 6.92 Å². The van der Waals surface area contributed by atoms with Crippen LogP contribution in [0.4, 0.5) is 30.6 Å². The summed E-state index contributed by atoms with van der Waals surface area (Å²) in [5, 5.41) is 23.7. The zero-order valence-corrected chi connectivity index (χ0v) is 15.1.